The van der Waals surface area contributed by atoms with Crippen LogP contribution in [0.1, 0.15) is 6.92 Å². The Balaban J connectivity index is 3.53. The second kappa shape index (κ2) is 3.54. The van der Waals surface area contributed by atoms with Crippen molar-refractivity contribution in [1.82, 2.24) is 0 Å². The molecule has 0 radical (unpaired) electrons. The van der Waals surface area contributed by atoms with Crippen molar-refractivity contribution in [2.24, 2.45) is 11.5 Å². The predicted molar refractivity (Wildman–Crippen MR) is 30.8 cm³/mol. The number of primary amides is 2. The Kier molecular flexibility index (Phi) is 3.03. The van der Waals surface area contributed by atoms with Crippen molar-refractivity contribution in [3.63, 3.8) is 0 Å². The number of rotatable bonds is 2. The Labute approximate surface area is 57.1 Å². The van der Waals surface area contributed by atoms with Crippen LogP contribution in [0.25, 0.3) is 0 Å². The monoisotopic (exact) mass is 148 g/mol. The van der Waals surface area contributed by atoms with E-state index in [1.807, 2.05) is 0 Å². The van der Waals surface area contributed by atoms with E-state index >= 15 is 0 Å². The first kappa shape index (κ1) is 8.54. The van der Waals surface area contributed by atoms with Crippen LogP contribution in [0.3, 0.4) is 0 Å². The maximum absolute atomic E-state index is 9.96. The van der Waals surface area contributed by atoms with Crippen molar-refractivity contribution < 1.29 is 19.1 Å². The summed E-state index contributed by atoms with van der Waals surface area (Å²) in [5.41, 5.74) is 9.15. The van der Waals surface area contributed by atoms with Gasteiger partial charge in [-0.2, -0.15) is 0 Å². The molecule has 58 valence electrons. The van der Waals surface area contributed by atoms with E-state index in [1.54, 1.807) is 0 Å². The summed E-state index contributed by atoms with van der Waals surface area (Å²) in [7, 11) is 0. The first-order chi connectivity index (χ1) is 4.52. The summed E-state index contributed by atoms with van der Waals surface area (Å²) >= 11 is 0. The van der Waals surface area contributed by atoms with Crippen molar-refractivity contribution in [2.75, 3.05) is 0 Å². The van der Waals surface area contributed by atoms with Crippen molar-refractivity contribution in [3.05, 3.63) is 0 Å². The Morgan fingerprint density at radius 2 is 1.50 bits per heavy atom. The van der Waals surface area contributed by atoms with Gasteiger partial charge in [0.15, 0.2) is 0 Å². The number of nitrogens with two attached hydrogens (primary N) is 2. The van der Waals surface area contributed by atoms with Gasteiger partial charge in [-0.3, -0.25) is 0 Å². The van der Waals surface area contributed by atoms with Crippen LogP contribution in [0.4, 0.5) is 9.59 Å². The largest absolute Gasteiger partial charge is 0.409 e. The molecule has 0 bridgehead atoms. The maximum Gasteiger partial charge on any atom is 0.407 e. The van der Waals surface area contributed by atoms with Crippen molar-refractivity contribution in [1.29, 1.82) is 0 Å². The molecule has 6 heteroatoms. The van der Waals surface area contributed by atoms with E-state index in [0.717, 1.165) is 0 Å². The minimum absolute atomic E-state index is 1.02. The molecule has 0 aromatic rings. The number of amides is 2. The number of carbonyl (C=O) groups excluding carboxylic acids is 2. The zero-order chi connectivity index (χ0) is 8.15. The molecule has 2 amide bonds. The molecule has 0 fully saturated rings. The Morgan fingerprint density at radius 3 is 1.70 bits per heavy atom. The molecule has 0 aromatic carbocycles. The predicted octanol–water partition coefficient (Wildman–Crippen LogP) is -0.477. The highest BCUT2D eigenvalue weighted by atomic mass is 16.7. The van der Waals surface area contributed by atoms with Gasteiger partial charge in [-0.05, 0) is 0 Å². The maximum atomic E-state index is 9.96. The molecule has 0 aromatic heterocycles. The van der Waals surface area contributed by atoms with Crippen molar-refractivity contribution >= 4 is 12.2 Å². The van der Waals surface area contributed by atoms with Gasteiger partial charge in [0.1, 0.15) is 0 Å². The molecule has 0 unspecified atom stereocenters. The summed E-state index contributed by atoms with van der Waals surface area (Å²) in [6, 6.07) is 0. The van der Waals surface area contributed by atoms with Gasteiger partial charge in [0.05, 0.1) is 0 Å². The summed E-state index contributed by atoms with van der Waals surface area (Å²) in [5, 5.41) is 0. The lowest BCUT2D eigenvalue weighted by atomic mass is 10.7. The summed E-state index contributed by atoms with van der Waals surface area (Å²) < 4.78 is 8.35. The SMILES string of the molecule is CC(OC(N)=O)OC(N)=O. The Morgan fingerprint density at radius 1 is 1.20 bits per heavy atom. The third-order valence-corrected chi connectivity index (χ3v) is 0.564. The van der Waals surface area contributed by atoms with Crippen LogP contribution >= 0.6 is 0 Å². The van der Waals surface area contributed by atoms with Gasteiger partial charge in [0, 0.05) is 6.92 Å². The Bertz CT molecular complexity index is 130. The summed E-state index contributed by atoms with van der Waals surface area (Å²) in [6.07, 6.45) is -3.07. The molecule has 0 aliphatic rings. The molecule has 0 heterocycles. The average Bonchev–Trinajstić information content (AvgIpc) is 1.58. The van der Waals surface area contributed by atoms with Crippen LogP contribution in [0.5, 0.6) is 0 Å². The van der Waals surface area contributed by atoms with Gasteiger partial charge in [-0.15, -0.1) is 0 Å². The molecule has 0 atom stereocenters. The van der Waals surface area contributed by atoms with Gasteiger partial charge in [-0.1, -0.05) is 0 Å². The third-order valence-electron chi connectivity index (χ3n) is 0.564. The zero-order valence-electron chi connectivity index (χ0n) is 5.37. The fraction of sp³-hybridized carbons (Fsp3) is 0.500. The molecular formula is C4H8N2O4. The number of ether oxygens (including phenoxy) is 2. The third kappa shape index (κ3) is 4.69. The van der Waals surface area contributed by atoms with E-state index in [9.17, 15) is 9.59 Å². The molecule has 0 rings (SSSR count). The highest BCUT2D eigenvalue weighted by Crippen LogP contribution is 1.91. The molecule has 0 saturated heterocycles. The number of hydrogen-bond acceptors (Lipinski definition) is 4. The summed E-state index contributed by atoms with van der Waals surface area (Å²) in [6.45, 7) is 1.32. The lowest BCUT2D eigenvalue weighted by Gasteiger charge is -2.09. The van der Waals surface area contributed by atoms with Gasteiger partial charge in [0.25, 0.3) is 0 Å². The zero-order valence-corrected chi connectivity index (χ0v) is 5.37. The second-order valence-corrected chi connectivity index (χ2v) is 1.44. The van der Waals surface area contributed by atoms with E-state index in [-0.39, 0.29) is 0 Å². The lowest BCUT2D eigenvalue weighted by Crippen LogP contribution is -2.27. The molecule has 0 spiro atoms. The van der Waals surface area contributed by atoms with E-state index in [4.69, 9.17) is 0 Å². The van der Waals surface area contributed by atoms with Gasteiger partial charge >= 0.3 is 12.2 Å². The number of hydrogen-bond donors (Lipinski definition) is 2. The lowest BCUT2D eigenvalue weighted by molar-refractivity contribution is -0.0416. The fourth-order valence-corrected chi connectivity index (χ4v) is 0.351. The van der Waals surface area contributed by atoms with Crippen LogP contribution in [0, 0.1) is 0 Å². The van der Waals surface area contributed by atoms with Crippen LogP contribution < -0.4 is 11.5 Å². The van der Waals surface area contributed by atoms with Crippen LogP contribution in [0.2, 0.25) is 0 Å². The quantitative estimate of drug-likeness (QED) is 0.516. The minimum atomic E-state index is -1.03. The first-order valence-corrected chi connectivity index (χ1v) is 2.44. The molecule has 10 heavy (non-hydrogen) atoms. The second-order valence-electron chi connectivity index (χ2n) is 1.44. The van der Waals surface area contributed by atoms with Crippen LogP contribution in [0.15, 0.2) is 0 Å². The van der Waals surface area contributed by atoms with Gasteiger partial charge in [-0.25, -0.2) is 9.59 Å². The summed E-state index contributed by atoms with van der Waals surface area (Å²) in [4.78, 5) is 19.9. The summed E-state index contributed by atoms with van der Waals surface area (Å²) in [5.74, 6) is 0. The van der Waals surface area contributed by atoms with Crippen LogP contribution in [-0.4, -0.2) is 18.5 Å². The van der Waals surface area contributed by atoms with Crippen LogP contribution in [-0.2, 0) is 9.47 Å². The highest BCUT2D eigenvalue weighted by molar-refractivity contribution is 5.66. The van der Waals surface area contributed by atoms with E-state index in [0.29, 0.717) is 0 Å². The Hall–Kier alpha value is -1.46. The average molecular weight is 148 g/mol. The molecular weight excluding hydrogens is 140 g/mol. The van der Waals surface area contributed by atoms with E-state index < -0.39 is 18.5 Å². The van der Waals surface area contributed by atoms with Crippen molar-refractivity contribution in [3.8, 4) is 0 Å². The molecule has 0 aliphatic carbocycles. The normalized spacial score (nSPS) is 9.00. The van der Waals surface area contributed by atoms with E-state index in [2.05, 4.69) is 20.9 Å². The van der Waals surface area contributed by atoms with E-state index in [1.165, 1.54) is 6.92 Å². The topological polar surface area (TPSA) is 105 Å². The standard InChI is InChI=1S/C4H8N2O4/c1-2(9-3(5)7)10-4(6)8/h2H,1H3,(H2,5,7)(H2,6,8). The van der Waals surface area contributed by atoms with Gasteiger partial charge in [0.2, 0.25) is 6.29 Å². The van der Waals surface area contributed by atoms with Gasteiger partial charge < -0.3 is 20.9 Å². The molecule has 0 aliphatic heterocycles. The molecule has 0 saturated carbocycles. The first-order valence-electron chi connectivity index (χ1n) is 2.44. The molecule has 6 nitrogen and oxygen atoms in total. The molecule has 4 N–H and O–H groups in total. The fourth-order valence-electron chi connectivity index (χ4n) is 0.351. The smallest absolute Gasteiger partial charge is 0.407 e. The number of carbonyl (C=O) groups is 2. The van der Waals surface area contributed by atoms with Crippen molar-refractivity contribution in [2.45, 2.75) is 13.2 Å². The minimum Gasteiger partial charge on any atom is -0.409 e. The highest BCUT2D eigenvalue weighted by Gasteiger charge is 2.07.